The van der Waals surface area contributed by atoms with E-state index in [9.17, 15) is 0 Å². The van der Waals surface area contributed by atoms with Crippen molar-refractivity contribution in [3.63, 3.8) is 0 Å². The second kappa shape index (κ2) is 5.43. The van der Waals surface area contributed by atoms with Gasteiger partial charge in [-0.25, -0.2) is 9.97 Å². The van der Waals surface area contributed by atoms with Crippen molar-refractivity contribution in [2.75, 3.05) is 24.6 Å². The monoisotopic (exact) mass is 262 g/mol. The molecule has 0 saturated carbocycles. The largest absolute Gasteiger partial charge is 0.373 e. The molecule has 0 spiro atoms. The molecular weight excluding hydrogens is 240 g/mol. The second-order valence-electron chi connectivity index (χ2n) is 5.54. The lowest BCUT2D eigenvalue weighted by Gasteiger charge is -2.36. The van der Waals surface area contributed by atoms with Crippen LogP contribution in [0.25, 0.3) is 0 Å². The summed E-state index contributed by atoms with van der Waals surface area (Å²) in [5.41, 5.74) is 8.54. The summed E-state index contributed by atoms with van der Waals surface area (Å²) in [5.74, 6) is 1.11. The Kier molecular flexibility index (Phi) is 3.66. The minimum atomic E-state index is 0.0560. The standard InChI is InChI=1S/C14H22N4O/c1-10(15)13-8-18(6-7-19-13)14-11-4-2-3-5-12(11)16-9-17-14/h9-10,13H,2-8,15H2,1H3. The summed E-state index contributed by atoms with van der Waals surface area (Å²) in [6.45, 7) is 4.46. The van der Waals surface area contributed by atoms with Crippen molar-refractivity contribution in [3.8, 4) is 0 Å². The Morgan fingerprint density at radius 2 is 2.21 bits per heavy atom. The van der Waals surface area contributed by atoms with Crippen LogP contribution in [0.4, 0.5) is 5.82 Å². The highest BCUT2D eigenvalue weighted by Gasteiger charge is 2.27. The number of aromatic nitrogens is 2. The molecule has 1 aliphatic heterocycles. The lowest BCUT2D eigenvalue weighted by molar-refractivity contribution is 0.0273. The Morgan fingerprint density at radius 1 is 1.37 bits per heavy atom. The average molecular weight is 262 g/mol. The van der Waals surface area contributed by atoms with E-state index < -0.39 is 0 Å². The van der Waals surface area contributed by atoms with E-state index in [0.29, 0.717) is 0 Å². The average Bonchev–Trinajstić information content (AvgIpc) is 2.47. The van der Waals surface area contributed by atoms with Gasteiger partial charge in [0.2, 0.25) is 0 Å². The van der Waals surface area contributed by atoms with Crippen molar-refractivity contribution >= 4 is 5.82 Å². The number of aryl methyl sites for hydroxylation is 1. The molecule has 2 heterocycles. The molecule has 0 amide bonds. The SMILES string of the molecule is CC(N)C1CN(c2ncnc3c2CCCC3)CCO1. The van der Waals surface area contributed by atoms with Crippen LogP contribution in [0.15, 0.2) is 6.33 Å². The minimum Gasteiger partial charge on any atom is -0.373 e. The van der Waals surface area contributed by atoms with Crippen LogP contribution >= 0.6 is 0 Å². The maximum absolute atomic E-state index is 5.96. The number of anilines is 1. The first kappa shape index (κ1) is 12.8. The van der Waals surface area contributed by atoms with Gasteiger partial charge in [0.05, 0.1) is 12.7 Å². The van der Waals surface area contributed by atoms with E-state index in [0.717, 1.165) is 38.4 Å². The summed E-state index contributed by atoms with van der Waals surface area (Å²) in [6.07, 6.45) is 6.49. The molecular formula is C14H22N4O. The number of nitrogens with zero attached hydrogens (tertiary/aromatic N) is 3. The molecule has 104 valence electrons. The van der Waals surface area contributed by atoms with E-state index in [1.54, 1.807) is 6.33 Å². The summed E-state index contributed by atoms with van der Waals surface area (Å²) in [5, 5.41) is 0. The molecule has 0 aromatic carbocycles. The van der Waals surface area contributed by atoms with Crippen molar-refractivity contribution < 1.29 is 4.74 Å². The van der Waals surface area contributed by atoms with E-state index in [4.69, 9.17) is 10.5 Å². The number of fused-ring (bicyclic) bond motifs is 1. The molecule has 0 bridgehead atoms. The Hall–Kier alpha value is -1.20. The van der Waals surface area contributed by atoms with Gasteiger partial charge < -0.3 is 15.4 Å². The molecule has 3 rings (SSSR count). The maximum atomic E-state index is 5.96. The van der Waals surface area contributed by atoms with Crippen LogP contribution in [0.1, 0.15) is 31.0 Å². The van der Waals surface area contributed by atoms with E-state index in [2.05, 4.69) is 14.9 Å². The molecule has 1 aromatic heterocycles. The molecule has 1 fully saturated rings. The zero-order valence-corrected chi connectivity index (χ0v) is 11.5. The highest BCUT2D eigenvalue weighted by molar-refractivity contribution is 5.50. The van der Waals surface area contributed by atoms with Gasteiger partial charge in [0, 0.05) is 30.4 Å². The molecule has 1 aromatic rings. The zero-order valence-electron chi connectivity index (χ0n) is 11.5. The summed E-state index contributed by atoms with van der Waals surface area (Å²) < 4.78 is 5.73. The third-order valence-corrected chi connectivity index (χ3v) is 4.08. The number of hydrogen-bond donors (Lipinski definition) is 1. The second-order valence-corrected chi connectivity index (χ2v) is 5.54. The molecule has 19 heavy (non-hydrogen) atoms. The van der Waals surface area contributed by atoms with Gasteiger partial charge in [0.25, 0.3) is 0 Å². The van der Waals surface area contributed by atoms with Crippen LogP contribution < -0.4 is 10.6 Å². The van der Waals surface area contributed by atoms with Crippen LogP contribution in [-0.2, 0) is 17.6 Å². The third-order valence-electron chi connectivity index (χ3n) is 4.08. The summed E-state index contributed by atoms with van der Waals surface area (Å²) in [4.78, 5) is 11.3. The van der Waals surface area contributed by atoms with E-state index in [1.165, 1.54) is 24.1 Å². The van der Waals surface area contributed by atoms with Crippen LogP contribution in [0.3, 0.4) is 0 Å². The topological polar surface area (TPSA) is 64.3 Å². The Morgan fingerprint density at radius 3 is 3.05 bits per heavy atom. The van der Waals surface area contributed by atoms with Crippen LogP contribution in [-0.4, -0.2) is 41.8 Å². The molecule has 2 aliphatic rings. The molecule has 1 aliphatic carbocycles. The Bertz CT molecular complexity index is 449. The summed E-state index contributed by atoms with van der Waals surface area (Å²) >= 11 is 0. The highest BCUT2D eigenvalue weighted by Crippen LogP contribution is 2.28. The Balaban J connectivity index is 1.85. The highest BCUT2D eigenvalue weighted by atomic mass is 16.5. The molecule has 1 saturated heterocycles. The van der Waals surface area contributed by atoms with Gasteiger partial charge in [0.1, 0.15) is 12.1 Å². The van der Waals surface area contributed by atoms with Crippen molar-refractivity contribution in [3.05, 3.63) is 17.6 Å². The molecule has 5 heteroatoms. The molecule has 5 nitrogen and oxygen atoms in total. The molecule has 2 N–H and O–H groups in total. The van der Waals surface area contributed by atoms with Crippen molar-refractivity contribution in [1.29, 1.82) is 0 Å². The number of hydrogen-bond acceptors (Lipinski definition) is 5. The molecule has 0 radical (unpaired) electrons. The van der Waals surface area contributed by atoms with Gasteiger partial charge in [-0.2, -0.15) is 0 Å². The first-order valence-electron chi connectivity index (χ1n) is 7.20. The summed E-state index contributed by atoms with van der Waals surface area (Å²) in [7, 11) is 0. The fourth-order valence-corrected chi connectivity index (χ4v) is 2.96. The number of rotatable bonds is 2. The van der Waals surface area contributed by atoms with Crippen molar-refractivity contribution in [2.45, 2.75) is 44.8 Å². The van der Waals surface area contributed by atoms with E-state index in [-0.39, 0.29) is 12.1 Å². The quantitative estimate of drug-likeness (QED) is 0.858. The van der Waals surface area contributed by atoms with Gasteiger partial charge in [-0.15, -0.1) is 0 Å². The zero-order chi connectivity index (χ0) is 13.2. The fraction of sp³-hybridized carbons (Fsp3) is 0.714. The fourth-order valence-electron chi connectivity index (χ4n) is 2.96. The predicted octanol–water partition coefficient (Wildman–Crippen LogP) is 0.908. The lowest BCUT2D eigenvalue weighted by atomic mass is 9.96. The maximum Gasteiger partial charge on any atom is 0.135 e. The number of ether oxygens (including phenoxy) is 1. The predicted molar refractivity (Wildman–Crippen MR) is 74.3 cm³/mol. The van der Waals surface area contributed by atoms with E-state index >= 15 is 0 Å². The van der Waals surface area contributed by atoms with Crippen molar-refractivity contribution in [1.82, 2.24) is 9.97 Å². The summed E-state index contributed by atoms with van der Waals surface area (Å²) in [6, 6.07) is 0.0560. The van der Waals surface area contributed by atoms with Gasteiger partial charge in [-0.3, -0.25) is 0 Å². The smallest absolute Gasteiger partial charge is 0.135 e. The van der Waals surface area contributed by atoms with E-state index in [1.807, 2.05) is 6.92 Å². The van der Waals surface area contributed by atoms with Crippen molar-refractivity contribution in [2.24, 2.45) is 5.73 Å². The van der Waals surface area contributed by atoms with Gasteiger partial charge in [-0.05, 0) is 32.6 Å². The first-order valence-corrected chi connectivity index (χ1v) is 7.20. The van der Waals surface area contributed by atoms with Crippen LogP contribution in [0.2, 0.25) is 0 Å². The first-order chi connectivity index (χ1) is 9.25. The number of nitrogens with two attached hydrogens (primary N) is 1. The minimum absolute atomic E-state index is 0.0560. The lowest BCUT2D eigenvalue weighted by Crippen LogP contribution is -2.50. The van der Waals surface area contributed by atoms with Gasteiger partial charge in [0.15, 0.2) is 0 Å². The normalized spacial score (nSPS) is 24.9. The molecule has 2 unspecified atom stereocenters. The third kappa shape index (κ3) is 2.58. The van der Waals surface area contributed by atoms with Crippen LogP contribution in [0.5, 0.6) is 0 Å². The molecule has 2 atom stereocenters. The van der Waals surface area contributed by atoms with Gasteiger partial charge in [-0.1, -0.05) is 0 Å². The van der Waals surface area contributed by atoms with Crippen LogP contribution in [0, 0.1) is 0 Å². The Labute approximate surface area is 114 Å². The van der Waals surface area contributed by atoms with Gasteiger partial charge >= 0.3 is 0 Å². The number of morpholine rings is 1.